The number of aromatic amines is 1. The molecule has 142 valence electrons. The summed E-state index contributed by atoms with van der Waals surface area (Å²) in [5.74, 6) is 0.312. The van der Waals surface area contributed by atoms with E-state index in [-0.39, 0.29) is 10.8 Å². The first-order valence-electron chi connectivity index (χ1n) is 10.0. The highest BCUT2D eigenvalue weighted by molar-refractivity contribution is 8.01. The monoisotopic (exact) mass is 382 g/mol. The van der Waals surface area contributed by atoms with Crippen molar-refractivity contribution >= 4 is 17.7 Å². The van der Waals surface area contributed by atoms with Crippen LogP contribution in [0.5, 0.6) is 0 Å². The van der Waals surface area contributed by atoms with Crippen LogP contribution in [-0.2, 0) is 23.2 Å². The zero-order chi connectivity index (χ0) is 18.4. The van der Waals surface area contributed by atoms with Gasteiger partial charge in [-0.1, -0.05) is 25.1 Å². The molecule has 0 saturated carbocycles. The molecule has 1 fully saturated rings. The molecule has 1 amide bonds. The predicted octanol–water partition coefficient (Wildman–Crippen LogP) is 2.82. The Morgan fingerprint density at radius 1 is 1.30 bits per heavy atom. The van der Waals surface area contributed by atoms with E-state index in [1.807, 2.05) is 6.33 Å². The van der Waals surface area contributed by atoms with Crippen LogP contribution >= 0.6 is 11.8 Å². The van der Waals surface area contributed by atoms with Gasteiger partial charge in [0, 0.05) is 36.6 Å². The quantitative estimate of drug-likeness (QED) is 0.868. The average Bonchev–Trinajstić information content (AvgIpc) is 3.36. The number of carbonyl (C=O) groups is 1. The van der Waals surface area contributed by atoms with Crippen LogP contribution in [0.15, 0.2) is 35.5 Å². The fourth-order valence-corrected chi connectivity index (χ4v) is 6.44. The van der Waals surface area contributed by atoms with E-state index in [4.69, 9.17) is 4.98 Å². The summed E-state index contributed by atoms with van der Waals surface area (Å²) >= 11 is 1.74. The maximum atomic E-state index is 13.2. The van der Waals surface area contributed by atoms with Crippen LogP contribution in [0.3, 0.4) is 0 Å². The van der Waals surface area contributed by atoms with Gasteiger partial charge in [-0.05, 0) is 37.4 Å². The second-order valence-electron chi connectivity index (χ2n) is 7.83. The number of imidazole rings is 1. The number of aromatic nitrogens is 2. The number of hydrogen-bond acceptors (Lipinski definition) is 4. The van der Waals surface area contributed by atoms with Crippen molar-refractivity contribution in [2.75, 3.05) is 26.2 Å². The van der Waals surface area contributed by atoms with E-state index in [0.29, 0.717) is 5.91 Å². The van der Waals surface area contributed by atoms with E-state index in [0.717, 1.165) is 51.9 Å². The van der Waals surface area contributed by atoms with Crippen molar-refractivity contribution in [2.45, 2.75) is 48.3 Å². The Bertz CT molecular complexity index is 830. The Kier molecular flexibility index (Phi) is 4.28. The van der Waals surface area contributed by atoms with Crippen LogP contribution < -0.4 is 0 Å². The molecule has 0 unspecified atom stereocenters. The number of likely N-dealkylation sites (N-methyl/N-ethyl adjacent to an activating group) is 1. The number of H-pyrrole nitrogens is 1. The summed E-state index contributed by atoms with van der Waals surface area (Å²) in [7, 11) is 0. The van der Waals surface area contributed by atoms with Gasteiger partial charge in [-0.15, -0.1) is 11.8 Å². The molecule has 1 atom stereocenters. The standard InChI is InChI=1S/C21H26N4OS/c1-2-25-10-7-16-19(23-14-22-16)21(25)8-11-24(12-9-21)20(26)18-13-15-5-3-4-6-17(15)27-18/h3-6,14,18H,2,7-13H2,1H3,(H,22,23)/t18-/m1/s1. The zero-order valence-electron chi connectivity index (χ0n) is 15.8. The molecule has 0 radical (unpaired) electrons. The van der Waals surface area contributed by atoms with E-state index in [2.05, 4.69) is 46.0 Å². The van der Waals surface area contributed by atoms with Gasteiger partial charge in [-0.2, -0.15) is 0 Å². The molecule has 1 aromatic carbocycles. The van der Waals surface area contributed by atoms with Crippen molar-refractivity contribution in [3.8, 4) is 0 Å². The predicted molar refractivity (Wildman–Crippen MR) is 107 cm³/mol. The highest BCUT2D eigenvalue weighted by Gasteiger charge is 2.47. The van der Waals surface area contributed by atoms with Crippen LogP contribution in [0.25, 0.3) is 0 Å². The number of piperidine rings is 1. The second kappa shape index (κ2) is 6.67. The van der Waals surface area contributed by atoms with Gasteiger partial charge >= 0.3 is 0 Å². The molecule has 0 bridgehead atoms. The number of likely N-dealkylation sites (tertiary alicyclic amines) is 1. The molecule has 5 nitrogen and oxygen atoms in total. The Hall–Kier alpha value is -1.79. The molecule has 1 spiro atoms. The Labute approximate surface area is 164 Å². The van der Waals surface area contributed by atoms with Gasteiger partial charge in [0.05, 0.1) is 22.8 Å². The summed E-state index contributed by atoms with van der Waals surface area (Å²) in [5.41, 5.74) is 3.84. The van der Waals surface area contributed by atoms with Gasteiger partial charge in [0.15, 0.2) is 0 Å². The maximum absolute atomic E-state index is 13.2. The minimum Gasteiger partial charge on any atom is -0.348 e. The van der Waals surface area contributed by atoms with Crippen molar-refractivity contribution in [3.63, 3.8) is 0 Å². The Balaban J connectivity index is 1.31. The fourth-order valence-electron chi connectivity index (χ4n) is 5.16. The highest BCUT2D eigenvalue weighted by atomic mass is 32.2. The summed E-state index contributed by atoms with van der Waals surface area (Å²) < 4.78 is 0. The summed E-state index contributed by atoms with van der Waals surface area (Å²) in [6.07, 6.45) is 5.72. The number of amides is 1. The first-order chi connectivity index (χ1) is 13.2. The van der Waals surface area contributed by atoms with Gasteiger partial charge in [0.25, 0.3) is 0 Å². The van der Waals surface area contributed by atoms with Crippen LogP contribution in [0, 0.1) is 0 Å². The van der Waals surface area contributed by atoms with E-state index < -0.39 is 0 Å². The lowest BCUT2D eigenvalue weighted by atomic mass is 9.78. The third-order valence-corrected chi connectivity index (χ3v) is 7.91. The summed E-state index contributed by atoms with van der Waals surface area (Å²) in [6.45, 7) is 6.01. The SMILES string of the molecule is CCN1CCc2[nH]cnc2C12CCN(C(=O)[C@H]1Cc3ccccc3S1)CC2. The van der Waals surface area contributed by atoms with Gasteiger partial charge in [-0.3, -0.25) is 9.69 Å². The number of fused-ring (bicyclic) bond motifs is 3. The van der Waals surface area contributed by atoms with Gasteiger partial charge < -0.3 is 9.88 Å². The molecule has 27 heavy (non-hydrogen) atoms. The largest absolute Gasteiger partial charge is 0.348 e. The molecule has 3 aliphatic heterocycles. The normalized spacial score (nSPS) is 24.0. The van der Waals surface area contributed by atoms with Crippen LogP contribution in [0.1, 0.15) is 36.7 Å². The minimum atomic E-state index is 0.00486. The second-order valence-corrected chi connectivity index (χ2v) is 9.08. The van der Waals surface area contributed by atoms with Gasteiger partial charge in [-0.25, -0.2) is 4.98 Å². The lowest BCUT2D eigenvalue weighted by Crippen LogP contribution is -2.57. The van der Waals surface area contributed by atoms with Crippen LogP contribution in [0.4, 0.5) is 0 Å². The van der Waals surface area contributed by atoms with E-state index in [1.165, 1.54) is 21.8 Å². The molecule has 2 aromatic rings. The maximum Gasteiger partial charge on any atom is 0.236 e. The van der Waals surface area contributed by atoms with Crippen LogP contribution in [-0.4, -0.2) is 57.1 Å². The molecule has 6 heteroatoms. The van der Waals surface area contributed by atoms with Crippen molar-refractivity contribution in [1.82, 2.24) is 19.8 Å². The summed E-state index contributed by atoms with van der Waals surface area (Å²) in [6, 6.07) is 8.42. The molecule has 5 rings (SSSR count). The molecular weight excluding hydrogens is 356 g/mol. The summed E-state index contributed by atoms with van der Waals surface area (Å²) in [5, 5.41) is 0.0472. The van der Waals surface area contributed by atoms with Crippen molar-refractivity contribution in [1.29, 1.82) is 0 Å². The number of benzene rings is 1. The molecule has 1 saturated heterocycles. The molecule has 0 aliphatic carbocycles. The molecule has 3 aliphatic rings. The Morgan fingerprint density at radius 2 is 2.11 bits per heavy atom. The third-order valence-electron chi connectivity index (χ3n) is 6.60. The molecule has 4 heterocycles. The summed E-state index contributed by atoms with van der Waals surface area (Å²) in [4.78, 5) is 27.2. The minimum absolute atomic E-state index is 0.00486. The molecule has 1 aromatic heterocycles. The zero-order valence-corrected chi connectivity index (χ0v) is 16.6. The molecule has 1 N–H and O–H groups in total. The van der Waals surface area contributed by atoms with Gasteiger partial charge in [0.1, 0.15) is 0 Å². The van der Waals surface area contributed by atoms with Crippen molar-refractivity contribution in [2.24, 2.45) is 0 Å². The highest BCUT2D eigenvalue weighted by Crippen LogP contribution is 2.43. The number of nitrogens with zero attached hydrogens (tertiary/aromatic N) is 3. The van der Waals surface area contributed by atoms with Crippen molar-refractivity contribution in [3.05, 3.63) is 47.5 Å². The topological polar surface area (TPSA) is 52.2 Å². The first kappa shape index (κ1) is 17.3. The lowest BCUT2D eigenvalue weighted by Gasteiger charge is -2.50. The lowest BCUT2D eigenvalue weighted by molar-refractivity contribution is -0.133. The fraction of sp³-hybridized carbons (Fsp3) is 0.524. The number of nitrogens with one attached hydrogen (secondary N) is 1. The van der Waals surface area contributed by atoms with Crippen LogP contribution in [0.2, 0.25) is 0 Å². The van der Waals surface area contributed by atoms with E-state index in [9.17, 15) is 4.79 Å². The Morgan fingerprint density at radius 3 is 2.89 bits per heavy atom. The van der Waals surface area contributed by atoms with E-state index in [1.54, 1.807) is 11.8 Å². The van der Waals surface area contributed by atoms with E-state index >= 15 is 0 Å². The molecular formula is C21H26N4OS. The first-order valence-corrected chi connectivity index (χ1v) is 10.9. The van der Waals surface area contributed by atoms with Crippen molar-refractivity contribution < 1.29 is 4.79 Å². The average molecular weight is 383 g/mol. The third kappa shape index (κ3) is 2.72. The van der Waals surface area contributed by atoms with Gasteiger partial charge in [0.2, 0.25) is 5.91 Å². The number of carbonyl (C=O) groups excluding carboxylic acids is 1. The number of hydrogen-bond donors (Lipinski definition) is 1. The number of rotatable bonds is 2. The number of thioether (sulfide) groups is 1. The smallest absolute Gasteiger partial charge is 0.236 e.